The van der Waals surface area contributed by atoms with Gasteiger partial charge in [0, 0.05) is 13.0 Å². The number of aromatic nitrogens is 1. The maximum atomic E-state index is 12.3. The van der Waals surface area contributed by atoms with Gasteiger partial charge in [-0.2, -0.15) is 4.99 Å². The summed E-state index contributed by atoms with van der Waals surface area (Å²) in [6.45, 7) is 2.71. The van der Waals surface area contributed by atoms with Crippen molar-refractivity contribution in [3.63, 3.8) is 0 Å². The molecular weight excluding hydrogens is 404 g/mol. The number of aryl methyl sites for hydroxylation is 1. The van der Waals surface area contributed by atoms with E-state index in [9.17, 15) is 13.2 Å². The molecule has 3 rings (SSSR count). The minimum Gasteiger partial charge on any atom is -0.315 e. The summed E-state index contributed by atoms with van der Waals surface area (Å²) in [5.74, 6) is -0.722. The summed E-state index contributed by atoms with van der Waals surface area (Å²) in [5, 5.41) is 0.609. The molecule has 0 saturated heterocycles. The third kappa shape index (κ3) is 4.48. The van der Waals surface area contributed by atoms with Crippen LogP contribution in [0, 0.1) is 0 Å². The summed E-state index contributed by atoms with van der Waals surface area (Å²) in [4.78, 5) is 17.3. The Hall–Kier alpha value is -1.96. The lowest BCUT2D eigenvalue weighted by Gasteiger charge is -2.04. The Labute approximate surface area is 166 Å². The Morgan fingerprint density at radius 2 is 1.89 bits per heavy atom. The van der Waals surface area contributed by atoms with Crippen molar-refractivity contribution >= 4 is 48.9 Å². The highest BCUT2D eigenvalue weighted by molar-refractivity contribution is 7.91. The van der Waals surface area contributed by atoms with E-state index in [-0.39, 0.29) is 17.1 Å². The zero-order chi connectivity index (χ0) is 19.4. The average Bonchev–Trinajstić information content (AvgIpc) is 3.00. The molecular formula is C19H19ClN2O3S2. The first kappa shape index (κ1) is 19.8. The fourth-order valence-electron chi connectivity index (χ4n) is 2.73. The number of halogens is 1. The Bertz CT molecular complexity index is 1130. The lowest BCUT2D eigenvalue weighted by molar-refractivity contribution is -0.117. The molecule has 5 nitrogen and oxygen atoms in total. The van der Waals surface area contributed by atoms with Crippen LogP contribution in [0.2, 0.25) is 5.02 Å². The smallest absolute Gasteiger partial charge is 0.249 e. The van der Waals surface area contributed by atoms with Crippen LogP contribution in [-0.4, -0.2) is 24.6 Å². The molecule has 27 heavy (non-hydrogen) atoms. The van der Waals surface area contributed by atoms with Gasteiger partial charge in [-0.15, -0.1) is 0 Å². The number of para-hydroxylation sites is 1. The third-order valence-corrected chi connectivity index (χ3v) is 7.09. The molecule has 0 unspecified atom stereocenters. The number of thiazole rings is 1. The van der Waals surface area contributed by atoms with Gasteiger partial charge in [-0.05, 0) is 30.7 Å². The lowest BCUT2D eigenvalue weighted by atomic mass is 10.3. The predicted octanol–water partition coefficient (Wildman–Crippen LogP) is 4.06. The number of carbonyl (C=O) groups excluding carboxylic acids is 1. The van der Waals surface area contributed by atoms with E-state index in [0.717, 1.165) is 16.6 Å². The van der Waals surface area contributed by atoms with Crippen molar-refractivity contribution in [1.29, 1.82) is 0 Å². The highest BCUT2D eigenvalue weighted by Crippen LogP contribution is 2.25. The summed E-state index contributed by atoms with van der Waals surface area (Å²) in [7, 11) is -3.50. The third-order valence-electron chi connectivity index (χ3n) is 4.01. The van der Waals surface area contributed by atoms with E-state index >= 15 is 0 Å². The van der Waals surface area contributed by atoms with Crippen LogP contribution in [-0.2, 0) is 21.2 Å². The summed E-state index contributed by atoms with van der Waals surface area (Å²) in [5.41, 5.74) is 0.856. The van der Waals surface area contributed by atoms with Gasteiger partial charge in [0.05, 0.1) is 25.9 Å². The summed E-state index contributed by atoms with van der Waals surface area (Å²) in [6.07, 6.45) is 0.701. The van der Waals surface area contributed by atoms with E-state index in [0.29, 0.717) is 16.4 Å². The number of carbonyl (C=O) groups is 1. The molecule has 8 heteroatoms. The van der Waals surface area contributed by atoms with E-state index in [1.807, 2.05) is 23.6 Å². The largest absolute Gasteiger partial charge is 0.315 e. The number of hydrogen-bond donors (Lipinski definition) is 0. The van der Waals surface area contributed by atoms with Crippen molar-refractivity contribution in [2.24, 2.45) is 4.99 Å². The molecule has 0 aliphatic heterocycles. The van der Waals surface area contributed by atoms with E-state index in [4.69, 9.17) is 11.6 Å². The number of fused-ring (bicyclic) bond motifs is 1. The average molecular weight is 423 g/mol. The van der Waals surface area contributed by atoms with Crippen LogP contribution in [0.25, 0.3) is 10.2 Å². The van der Waals surface area contributed by atoms with Crippen molar-refractivity contribution < 1.29 is 13.2 Å². The summed E-state index contributed by atoms with van der Waals surface area (Å²) < 4.78 is 27.5. The van der Waals surface area contributed by atoms with Crippen LogP contribution in [0.3, 0.4) is 0 Å². The Morgan fingerprint density at radius 1 is 1.15 bits per heavy atom. The van der Waals surface area contributed by atoms with Crippen LogP contribution in [0.4, 0.5) is 0 Å². The second-order valence-electron chi connectivity index (χ2n) is 6.01. The minimum absolute atomic E-state index is 0.161. The van der Waals surface area contributed by atoms with Gasteiger partial charge in [-0.1, -0.05) is 54.1 Å². The Balaban J connectivity index is 1.87. The standard InChI is InChI=1S/C19H19ClN2O3S2/c1-2-12-22-18-15(20)9-6-10-16(18)26-19(22)21-17(23)11-13-27(24,25)14-7-4-3-5-8-14/h3-10H,2,11-13H2,1H3. The van der Waals surface area contributed by atoms with Crippen LogP contribution < -0.4 is 4.80 Å². The highest BCUT2D eigenvalue weighted by atomic mass is 35.5. The van der Waals surface area contributed by atoms with Gasteiger partial charge >= 0.3 is 0 Å². The van der Waals surface area contributed by atoms with E-state index in [2.05, 4.69) is 4.99 Å². The molecule has 3 aromatic rings. The second-order valence-corrected chi connectivity index (χ2v) is 9.54. The van der Waals surface area contributed by atoms with E-state index in [1.165, 1.54) is 23.5 Å². The topological polar surface area (TPSA) is 68.5 Å². The zero-order valence-electron chi connectivity index (χ0n) is 14.8. The molecule has 1 amide bonds. The SMILES string of the molecule is CCCn1c(=NC(=O)CCS(=O)(=O)c2ccccc2)sc2cccc(Cl)c21. The van der Waals surface area contributed by atoms with Crippen molar-refractivity contribution in [3.8, 4) is 0 Å². The van der Waals surface area contributed by atoms with Crippen molar-refractivity contribution in [2.45, 2.75) is 31.2 Å². The monoisotopic (exact) mass is 422 g/mol. The number of amides is 1. The molecule has 0 fully saturated rings. The second kappa shape index (κ2) is 8.37. The number of rotatable bonds is 6. The maximum Gasteiger partial charge on any atom is 0.249 e. The summed E-state index contributed by atoms with van der Waals surface area (Å²) >= 11 is 7.69. The van der Waals surface area contributed by atoms with E-state index in [1.54, 1.807) is 24.3 Å². The Morgan fingerprint density at radius 3 is 2.59 bits per heavy atom. The van der Waals surface area contributed by atoms with Crippen LogP contribution in [0.1, 0.15) is 19.8 Å². The zero-order valence-corrected chi connectivity index (χ0v) is 17.1. The normalized spacial score (nSPS) is 12.6. The summed E-state index contributed by atoms with van der Waals surface area (Å²) in [6, 6.07) is 13.7. The Kier molecular flexibility index (Phi) is 6.14. The molecule has 0 spiro atoms. The van der Waals surface area contributed by atoms with Gasteiger partial charge in [-0.3, -0.25) is 4.79 Å². The molecule has 142 valence electrons. The first-order chi connectivity index (χ1) is 12.9. The van der Waals surface area contributed by atoms with Crippen molar-refractivity contribution in [3.05, 3.63) is 58.4 Å². The molecule has 0 saturated carbocycles. The molecule has 2 aromatic carbocycles. The molecule has 0 N–H and O–H groups in total. The van der Waals surface area contributed by atoms with E-state index < -0.39 is 15.7 Å². The van der Waals surface area contributed by atoms with Gasteiger partial charge in [-0.25, -0.2) is 8.42 Å². The molecule has 1 aromatic heterocycles. The molecule has 0 bridgehead atoms. The number of nitrogens with zero attached hydrogens (tertiary/aromatic N) is 2. The van der Waals surface area contributed by atoms with Crippen LogP contribution >= 0.6 is 22.9 Å². The molecule has 0 atom stereocenters. The van der Waals surface area contributed by atoms with Crippen LogP contribution in [0.15, 0.2) is 58.4 Å². The maximum absolute atomic E-state index is 12.3. The van der Waals surface area contributed by atoms with Gasteiger partial charge < -0.3 is 4.57 Å². The number of hydrogen-bond acceptors (Lipinski definition) is 4. The minimum atomic E-state index is -3.50. The molecule has 0 radical (unpaired) electrons. The molecule has 1 heterocycles. The number of sulfone groups is 1. The van der Waals surface area contributed by atoms with Crippen molar-refractivity contribution in [1.82, 2.24) is 4.57 Å². The fraction of sp³-hybridized carbons (Fsp3) is 0.263. The van der Waals surface area contributed by atoms with Crippen LogP contribution in [0.5, 0.6) is 0 Å². The highest BCUT2D eigenvalue weighted by Gasteiger charge is 2.16. The predicted molar refractivity (Wildman–Crippen MR) is 109 cm³/mol. The fourth-order valence-corrected chi connectivity index (χ4v) is 5.42. The first-order valence-electron chi connectivity index (χ1n) is 8.55. The lowest BCUT2D eigenvalue weighted by Crippen LogP contribution is -2.18. The van der Waals surface area contributed by atoms with Gasteiger partial charge in [0.25, 0.3) is 0 Å². The van der Waals surface area contributed by atoms with Gasteiger partial charge in [0.15, 0.2) is 14.6 Å². The quantitative estimate of drug-likeness (QED) is 0.601. The van der Waals surface area contributed by atoms with Gasteiger partial charge in [0.1, 0.15) is 0 Å². The van der Waals surface area contributed by atoms with Gasteiger partial charge in [0.2, 0.25) is 5.91 Å². The first-order valence-corrected chi connectivity index (χ1v) is 11.4. The molecule has 0 aliphatic carbocycles. The molecule has 0 aliphatic rings. The number of benzene rings is 2. The van der Waals surface area contributed by atoms with Crippen molar-refractivity contribution in [2.75, 3.05) is 5.75 Å².